The molecule has 1 aliphatic heterocycles. The van der Waals surface area contributed by atoms with Crippen molar-refractivity contribution in [2.45, 2.75) is 12.8 Å². The number of allylic oxidation sites excluding steroid dienone is 1. The molecular formula is C6H9BrO. The lowest BCUT2D eigenvalue weighted by Gasteiger charge is -1.91. The summed E-state index contributed by atoms with van der Waals surface area (Å²) in [5.74, 6) is 0. The molecule has 0 saturated heterocycles. The summed E-state index contributed by atoms with van der Waals surface area (Å²) in [6, 6.07) is 0. The fraction of sp³-hybridized carbons (Fsp3) is 0.667. The van der Waals surface area contributed by atoms with E-state index in [2.05, 4.69) is 22.0 Å². The average Bonchev–Trinajstić information content (AvgIpc) is 1.94. The molecule has 1 rings (SSSR count). The van der Waals surface area contributed by atoms with Gasteiger partial charge in [0.15, 0.2) is 0 Å². The molecule has 8 heavy (non-hydrogen) atoms. The van der Waals surface area contributed by atoms with Gasteiger partial charge in [-0.15, -0.1) is 0 Å². The Hall–Kier alpha value is 0.180. The van der Waals surface area contributed by atoms with Crippen LogP contribution in [0.25, 0.3) is 0 Å². The summed E-state index contributed by atoms with van der Waals surface area (Å²) in [5, 5.41) is 0. The molecule has 0 bridgehead atoms. The molecule has 0 saturated carbocycles. The van der Waals surface area contributed by atoms with E-state index < -0.39 is 0 Å². The molecule has 0 aromatic heterocycles. The van der Waals surface area contributed by atoms with Crippen molar-refractivity contribution in [2.24, 2.45) is 0 Å². The number of hydrogen-bond donors (Lipinski definition) is 0. The van der Waals surface area contributed by atoms with Gasteiger partial charge in [0.25, 0.3) is 0 Å². The monoisotopic (exact) mass is 176 g/mol. The minimum absolute atomic E-state index is 0.778. The molecule has 0 aromatic carbocycles. The average molecular weight is 177 g/mol. The third-order valence-electron chi connectivity index (χ3n) is 1.13. The highest BCUT2D eigenvalue weighted by Crippen LogP contribution is 2.14. The zero-order valence-corrected chi connectivity index (χ0v) is 6.28. The molecule has 0 amide bonds. The van der Waals surface area contributed by atoms with Gasteiger partial charge in [-0.25, -0.2) is 0 Å². The summed E-state index contributed by atoms with van der Waals surface area (Å²) in [6.45, 7) is 1.69. The fourth-order valence-electron chi connectivity index (χ4n) is 0.678. The van der Waals surface area contributed by atoms with Crippen LogP contribution in [0.3, 0.4) is 0 Å². The Balaban J connectivity index is 2.36. The molecule has 1 heterocycles. The van der Waals surface area contributed by atoms with Gasteiger partial charge >= 0.3 is 0 Å². The molecule has 2 heteroatoms. The molecule has 1 nitrogen and oxygen atoms in total. The largest absolute Gasteiger partial charge is 0.377 e. The summed E-state index contributed by atoms with van der Waals surface area (Å²) in [7, 11) is 0. The van der Waals surface area contributed by atoms with Crippen LogP contribution in [0.5, 0.6) is 0 Å². The van der Waals surface area contributed by atoms with Gasteiger partial charge in [0.2, 0.25) is 0 Å². The highest BCUT2D eigenvalue weighted by atomic mass is 79.9. The summed E-state index contributed by atoms with van der Waals surface area (Å²) in [6.07, 6.45) is 4.37. The van der Waals surface area contributed by atoms with Crippen molar-refractivity contribution in [2.75, 3.05) is 13.2 Å². The normalized spacial score (nSPS) is 21.9. The van der Waals surface area contributed by atoms with Crippen molar-refractivity contribution in [1.82, 2.24) is 0 Å². The second-order valence-electron chi connectivity index (χ2n) is 1.83. The zero-order chi connectivity index (χ0) is 5.82. The van der Waals surface area contributed by atoms with Gasteiger partial charge in [0.1, 0.15) is 0 Å². The molecule has 0 fully saturated rings. The first-order valence-electron chi connectivity index (χ1n) is 2.82. The molecule has 0 unspecified atom stereocenters. The van der Waals surface area contributed by atoms with Crippen LogP contribution in [0.2, 0.25) is 0 Å². The van der Waals surface area contributed by atoms with Crippen LogP contribution in [0.15, 0.2) is 10.6 Å². The lowest BCUT2D eigenvalue weighted by atomic mass is 10.3. The highest BCUT2D eigenvalue weighted by Gasteiger charge is 1.96. The van der Waals surface area contributed by atoms with Gasteiger partial charge in [-0.2, -0.15) is 0 Å². The maximum absolute atomic E-state index is 5.16. The topological polar surface area (TPSA) is 9.23 Å². The van der Waals surface area contributed by atoms with Crippen molar-refractivity contribution in [1.29, 1.82) is 0 Å². The van der Waals surface area contributed by atoms with Gasteiger partial charge in [-0.05, 0) is 23.4 Å². The predicted octanol–water partition coefficient (Wildman–Crippen LogP) is 2.08. The maximum Gasteiger partial charge on any atom is 0.0658 e. The molecule has 0 radical (unpaired) electrons. The number of halogens is 1. The van der Waals surface area contributed by atoms with E-state index in [-0.39, 0.29) is 0 Å². The third-order valence-corrected chi connectivity index (χ3v) is 1.85. The Labute approximate surface area is 57.8 Å². The highest BCUT2D eigenvalue weighted by molar-refractivity contribution is 9.11. The van der Waals surface area contributed by atoms with Crippen LogP contribution >= 0.6 is 15.9 Å². The first-order valence-corrected chi connectivity index (χ1v) is 3.61. The van der Waals surface area contributed by atoms with E-state index in [1.165, 1.54) is 4.48 Å². The van der Waals surface area contributed by atoms with E-state index in [0.717, 1.165) is 26.1 Å². The zero-order valence-electron chi connectivity index (χ0n) is 4.69. The number of hydrogen-bond acceptors (Lipinski definition) is 1. The second kappa shape index (κ2) is 3.25. The van der Waals surface area contributed by atoms with Crippen LogP contribution in [0, 0.1) is 0 Å². The van der Waals surface area contributed by atoms with E-state index in [1.807, 2.05) is 0 Å². The van der Waals surface area contributed by atoms with Gasteiger partial charge in [-0.1, -0.05) is 15.9 Å². The van der Waals surface area contributed by atoms with E-state index in [1.54, 1.807) is 0 Å². The van der Waals surface area contributed by atoms with Crippen LogP contribution in [0.4, 0.5) is 0 Å². The summed E-state index contributed by atoms with van der Waals surface area (Å²) < 4.78 is 6.45. The molecule has 0 aliphatic carbocycles. The number of ether oxygens (including phenoxy) is 1. The third kappa shape index (κ3) is 1.97. The van der Waals surface area contributed by atoms with Crippen molar-refractivity contribution in [3.05, 3.63) is 10.6 Å². The molecule has 1 aliphatic rings. The van der Waals surface area contributed by atoms with Crippen molar-refractivity contribution in [3.8, 4) is 0 Å². The first kappa shape index (κ1) is 6.30. The van der Waals surface area contributed by atoms with E-state index in [9.17, 15) is 0 Å². The van der Waals surface area contributed by atoms with Gasteiger partial charge < -0.3 is 4.74 Å². The standard InChI is InChI=1S/C6H9BrO/c7-6-2-1-4-8-5-3-6/h3H,1-2,4-5H2. The lowest BCUT2D eigenvalue weighted by Crippen LogP contribution is -1.88. The van der Waals surface area contributed by atoms with Gasteiger partial charge in [0.05, 0.1) is 6.61 Å². The lowest BCUT2D eigenvalue weighted by molar-refractivity contribution is 0.165. The minimum atomic E-state index is 0.778. The molecular weight excluding hydrogens is 168 g/mol. The predicted molar refractivity (Wildman–Crippen MR) is 37.1 cm³/mol. The van der Waals surface area contributed by atoms with Crippen LogP contribution in [-0.4, -0.2) is 13.2 Å². The molecule has 0 atom stereocenters. The number of rotatable bonds is 0. The Morgan fingerprint density at radius 1 is 1.62 bits per heavy atom. The SMILES string of the molecule is BrC1=CCOCCC1. The van der Waals surface area contributed by atoms with Crippen molar-refractivity contribution < 1.29 is 4.74 Å². The van der Waals surface area contributed by atoms with Crippen molar-refractivity contribution >= 4 is 15.9 Å². The minimum Gasteiger partial charge on any atom is -0.377 e. The Morgan fingerprint density at radius 2 is 2.50 bits per heavy atom. The Morgan fingerprint density at radius 3 is 3.38 bits per heavy atom. The molecule has 0 spiro atoms. The van der Waals surface area contributed by atoms with Crippen LogP contribution < -0.4 is 0 Å². The van der Waals surface area contributed by atoms with E-state index in [0.29, 0.717) is 0 Å². The van der Waals surface area contributed by atoms with E-state index >= 15 is 0 Å². The van der Waals surface area contributed by atoms with E-state index in [4.69, 9.17) is 4.74 Å². The molecule has 46 valence electrons. The van der Waals surface area contributed by atoms with Gasteiger partial charge in [-0.3, -0.25) is 0 Å². The second-order valence-corrected chi connectivity index (χ2v) is 2.85. The van der Waals surface area contributed by atoms with Crippen LogP contribution in [-0.2, 0) is 4.74 Å². The quantitative estimate of drug-likeness (QED) is 0.550. The smallest absolute Gasteiger partial charge is 0.0658 e. The summed E-state index contributed by atoms with van der Waals surface area (Å²) >= 11 is 3.42. The Kier molecular flexibility index (Phi) is 2.56. The fourth-order valence-corrected chi connectivity index (χ4v) is 1.09. The van der Waals surface area contributed by atoms with Gasteiger partial charge in [0, 0.05) is 6.61 Å². The van der Waals surface area contributed by atoms with Crippen molar-refractivity contribution in [3.63, 3.8) is 0 Å². The maximum atomic E-state index is 5.16. The van der Waals surface area contributed by atoms with Crippen LogP contribution in [0.1, 0.15) is 12.8 Å². The molecule has 0 aromatic rings. The first-order chi connectivity index (χ1) is 3.89. The molecule has 0 N–H and O–H groups in total. The Bertz CT molecular complexity index is 98.7. The summed E-state index contributed by atoms with van der Waals surface area (Å²) in [4.78, 5) is 0. The summed E-state index contributed by atoms with van der Waals surface area (Å²) in [5.41, 5.74) is 0.